The summed E-state index contributed by atoms with van der Waals surface area (Å²) in [5.41, 5.74) is 2.35. The molecule has 1 heterocycles. The normalized spacial score (nSPS) is 16.3. The van der Waals surface area contributed by atoms with Crippen molar-refractivity contribution in [2.45, 2.75) is 32.4 Å². The van der Waals surface area contributed by atoms with Gasteiger partial charge >= 0.3 is 0 Å². The maximum absolute atomic E-state index is 13.2. The van der Waals surface area contributed by atoms with Crippen LogP contribution in [0.1, 0.15) is 36.1 Å². The van der Waals surface area contributed by atoms with E-state index in [1.807, 2.05) is 31.2 Å². The molecule has 0 aliphatic carbocycles. The van der Waals surface area contributed by atoms with E-state index in [-0.39, 0.29) is 23.4 Å². The quantitative estimate of drug-likeness (QED) is 0.868. The topological polar surface area (TPSA) is 49.4 Å². The third kappa shape index (κ3) is 3.73. The summed E-state index contributed by atoms with van der Waals surface area (Å²) in [6, 6.07) is 10.9. The lowest BCUT2D eigenvalue weighted by Gasteiger charge is -2.36. The van der Waals surface area contributed by atoms with E-state index < -0.39 is 11.9 Å². The lowest BCUT2D eigenvalue weighted by atomic mass is 9.91. The zero-order valence-corrected chi connectivity index (χ0v) is 15.2. The third-order valence-electron chi connectivity index (χ3n) is 4.50. The van der Waals surface area contributed by atoms with Crippen molar-refractivity contribution in [3.63, 3.8) is 0 Å². The Kier molecular flexibility index (Phi) is 5.57. The molecule has 6 heteroatoms. The number of fused-ring (bicyclic) bond motifs is 1. The largest absolute Gasteiger partial charge is 0.350 e. The summed E-state index contributed by atoms with van der Waals surface area (Å²) in [4.78, 5) is 27.1. The summed E-state index contributed by atoms with van der Waals surface area (Å²) in [6.07, 6.45) is 1.07. The molecule has 0 radical (unpaired) electrons. The fourth-order valence-corrected chi connectivity index (χ4v) is 3.49. The van der Waals surface area contributed by atoms with Crippen LogP contribution in [0.25, 0.3) is 0 Å². The molecule has 2 aromatic rings. The molecule has 3 rings (SSSR count). The Morgan fingerprint density at radius 3 is 2.81 bits per heavy atom. The molecule has 0 spiro atoms. The van der Waals surface area contributed by atoms with Gasteiger partial charge in [0.25, 0.3) is 0 Å². The zero-order chi connectivity index (χ0) is 18.7. The van der Waals surface area contributed by atoms with Gasteiger partial charge in [-0.1, -0.05) is 48.9 Å². The van der Waals surface area contributed by atoms with Crippen molar-refractivity contribution in [1.82, 2.24) is 10.2 Å². The summed E-state index contributed by atoms with van der Waals surface area (Å²) in [6.45, 7) is 2.66. The molecule has 1 N–H and O–H groups in total. The molecule has 2 aromatic carbocycles. The standard InChI is InChI=1S/C20H20ClFN2O2/c1-2-9-24-18(25)10-13-5-3-4-6-16(13)19(24)20(26)23-12-14-7-8-15(22)11-17(14)21/h3-8,11,19H,2,9-10,12H2,1H3,(H,23,26)/t19-/m1/s1. The van der Waals surface area contributed by atoms with Crippen LogP contribution in [-0.4, -0.2) is 23.3 Å². The predicted octanol–water partition coefficient (Wildman–Crippen LogP) is 3.63. The Bertz CT molecular complexity index is 840. The second-order valence-corrected chi connectivity index (χ2v) is 6.73. The molecular formula is C20H20ClFN2O2. The lowest BCUT2D eigenvalue weighted by Crippen LogP contribution is -2.47. The minimum Gasteiger partial charge on any atom is -0.350 e. The fraction of sp³-hybridized carbons (Fsp3) is 0.300. The van der Waals surface area contributed by atoms with E-state index in [4.69, 9.17) is 11.6 Å². The summed E-state index contributed by atoms with van der Waals surface area (Å²) in [7, 11) is 0. The minimum atomic E-state index is -0.661. The fourth-order valence-electron chi connectivity index (χ4n) is 3.26. The van der Waals surface area contributed by atoms with E-state index in [0.717, 1.165) is 17.5 Å². The Balaban J connectivity index is 1.84. The van der Waals surface area contributed by atoms with Gasteiger partial charge in [-0.2, -0.15) is 0 Å². The Hall–Kier alpha value is -2.40. The molecule has 0 saturated heterocycles. The van der Waals surface area contributed by atoms with Crippen molar-refractivity contribution in [2.24, 2.45) is 0 Å². The summed E-state index contributed by atoms with van der Waals surface area (Å²) in [5, 5.41) is 3.10. The molecular weight excluding hydrogens is 355 g/mol. The highest BCUT2D eigenvalue weighted by Crippen LogP contribution is 2.31. The number of halogens is 2. The van der Waals surface area contributed by atoms with Crippen molar-refractivity contribution < 1.29 is 14.0 Å². The van der Waals surface area contributed by atoms with Gasteiger partial charge in [0.2, 0.25) is 11.8 Å². The highest BCUT2D eigenvalue weighted by molar-refractivity contribution is 6.31. The van der Waals surface area contributed by atoms with Gasteiger partial charge < -0.3 is 10.2 Å². The second kappa shape index (κ2) is 7.87. The van der Waals surface area contributed by atoms with Crippen molar-refractivity contribution in [1.29, 1.82) is 0 Å². The molecule has 0 aromatic heterocycles. The van der Waals surface area contributed by atoms with Crippen molar-refractivity contribution in [3.05, 3.63) is 70.0 Å². The molecule has 2 amide bonds. The summed E-state index contributed by atoms with van der Waals surface area (Å²) < 4.78 is 13.2. The average molecular weight is 375 g/mol. The van der Waals surface area contributed by atoms with E-state index in [1.54, 1.807) is 11.0 Å². The van der Waals surface area contributed by atoms with Gasteiger partial charge in [-0.15, -0.1) is 0 Å². The average Bonchev–Trinajstić information content (AvgIpc) is 2.61. The maximum Gasteiger partial charge on any atom is 0.247 e. The van der Waals surface area contributed by atoms with E-state index in [1.165, 1.54) is 12.1 Å². The van der Waals surface area contributed by atoms with Crippen molar-refractivity contribution in [2.75, 3.05) is 6.54 Å². The van der Waals surface area contributed by atoms with Crippen LogP contribution in [0.3, 0.4) is 0 Å². The van der Waals surface area contributed by atoms with Crippen LogP contribution in [0.2, 0.25) is 5.02 Å². The maximum atomic E-state index is 13.2. The number of nitrogens with zero attached hydrogens (tertiary/aromatic N) is 1. The first-order chi connectivity index (χ1) is 12.5. The molecule has 0 bridgehead atoms. The first-order valence-electron chi connectivity index (χ1n) is 8.60. The Labute approximate surface area is 157 Å². The smallest absolute Gasteiger partial charge is 0.247 e. The number of amides is 2. The molecule has 0 unspecified atom stereocenters. The number of carbonyl (C=O) groups is 2. The molecule has 1 aliphatic heterocycles. The zero-order valence-electron chi connectivity index (χ0n) is 14.5. The van der Waals surface area contributed by atoms with E-state index in [2.05, 4.69) is 5.32 Å². The molecule has 1 atom stereocenters. The Morgan fingerprint density at radius 2 is 2.08 bits per heavy atom. The van der Waals surface area contributed by atoms with E-state index in [9.17, 15) is 14.0 Å². The van der Waals surface area contributed by atoms with Gasteiger partial charge in [0.05, 0.1) is 6.42 Å². The molecule has 136 valence electrons. The van der Waals surface area contributed by atoms with Crippen LogP contribution in [0.4, 0.5) is 4.39 Å². The van der Waals surface area contributed by atoms with Crippen LogP contribution < -0.4 is 5.32 Å². The number of benzene rings is 2. The van der Waals surface area contributed by atoms with Crippen LogP contribution in [0.15, 0.2) is 42.5 Å². The molecule has 1 aliphatic rings. The first kappa shape index (κ1) is 18.4. The van der Waals surface area contributed by atoms with Crippen molar-refractivity contribution >= 4 is 23.4 Å². The molecule has 4 nitrogen and oxygen atoms in total. The number of carbonyl (C=O) groups excluding carboxylic acids is 2. The van der Waals surface area contributed by atoms with Gasteiger partial charge in [-0.3, -0.25) is 9.59 Å². The highest BCUT2D eigenvalue weighted by atomic mass is 35.5. The SMILES string of the molecule is CCCN1C(=O)Cc2ccccc2[C@@H]1C(=O)NCc1ccc(F)cc1Cl. The number of rotatable bonds is 5. The molecule has 26 heavy (non-hydrogen) atoms. The molecule has 0 fully saturated rings. The van der Waals surface area contributed by atoms with Crippen LogP contribution in [0.5, 0.6) is 0 Å². The minimum absolute atomic E-state index is 0.0504. The predicted molar refractivity (Wildman–Crippen MR) is 98.1 cm³/mol. The third-order valence-corrected chi connectivity index (χ3v) is 4.86. The van der Waals surface area contributed by atoms with Gasteiger partial charge in [-0.05, 0) is 35.2 Å². The van der Waals surface area contributed by atoms with Crippen LogP contribution >= 0.6 is 11.6 Å². The number of hydrogen-bond acceptors (Lipinski definition) is 2. The van der Waals surface area contributed by atoms with Gasteiger partial charge in [-0.25, -0.2) is 4.39 Å². The van der Waals surface area contributed by atoms with Gasteiger partial charge in [0.1, 0.15) is 11.9 Å². The van der Waals surface area contributed by atoms with Crippen molar-refractivity contribution in [3.8, 4) is 0 Å². The van der Waals surface area contributed by atoms with Crippen LogP contribution in [0, 0.1) is 5.82 Å². The Morgan fingerprint density at radius 1 is 1.31 bits per heavy atom. The highest BCUT2D eigenvalue weighted by Gasteiger charge is 2.36. The number of hydrogen-bond donors (Lipinski definition) is 1. The summed E-state index contributed by atoms with van der Waals surface area (Å²) >= 11 is 6.03. The van der Waals surface area contributed by atoms with Gasteiger partial charge in [0.15, 0.2) is 0 Å². The van der Waals surface area contributed by atoms with Gasteiger partial charge in [0, 0.05) is 18.1 Å². The second-order valence-electron chi connectivity index (χ2n) is 6.32. The van der Waals surface area contributed by atoms with E-state index in [0.29, 0.717) is 18.5 Å². The van der Waals surface area contributed by atoms with Crippen LogP contribution in [-0.2, 0) is 22.6 Å². The first-order valence-corrected chi connectivity index (χ1v) is 8.98. The lowest BCUT2D eigenvalue weighted by molar-refractivity contribution is -0.141. The molecule has 0 saturated carbocycles. The monoisotopic (exact) mass is 374 g/mol. The number of nitrogens with one attached hydrogen (secondary N) is 1. The van der Waals surface area contributed by atoms with E-state index >= 15 is 0 Å². The summed E-state index contributed by atoms with van der Waals surface area (Å²) in [5.74, 6) is -0.740.